The summed E-state index contributed by atoms with van der Waals surface area (Å²) in [6.45, 7) is 6.22. The number of hydrogen-bond donors (Lipinski definition) is 1. The first-order valence-electron chi connectivity index (χ1n) is 10.4. The lowest BCUT2D eigenvalue weighted by Gasteiger charge is -2.33. The molecular weight excluding hydrogens is 324 g/mol. The summed E-state index contributed by atoms with van der Waals surface area (Å²) in [7, 11) is 0. The molecule has 3 heterocycles. The van der Waals surface area contributed by atoms with Gasteiger partial charge in [-0.25, -0.2) is 0 Å². The Kier molecular flexibility index (Phi) is 7.89. The minimum atomic E-state index is 0.222. The third-order valence-electron chi connectivity index (χ3n) is 5.60. The fraction of sp³-hybridized carbons (Fsp3) is 0.714. The Bertz CT molecular complexity index is 528. The van der Waals surface area contributed by atoms with Gasteiger partial charge in [0, 0.05) is 44.5 Å². The molecule has 0 aliphatic carbocycles. The summed E-state index contributed by atoms with van der Waals surface area (Å²) in [4.78, 5) is 21.5. The molecule has 0 spiro atoms. The quantitative estimate of drug-likeness (QED) is 0.849. The molecule has 144 valence electrons. The van der Waals surface area contributed by atoms with Gasteiger partial charge in [-0.15, -0.1) is 0 Å². The molecule has 1 amide bonds. The van der Waals surface area contributed by atoms with E-state index in [2.05, 4.69) is 26.2 Å². The normalized spacial score (nSPS) is 23.2. The highest BCUT2D eigenvalue weighted by Crippen LogP contribution is 2.14. The van der Waals surface area contributed by atoms with Gasteiger partial charge in [0.25, 0.3) is 0 Å². The van der Waals surface area contributed by atoms with Gasteiger partial charge in [-0.2, -0.15) is 0 Å². The van der Waals surface area contributed by atoms with Crippen molar-refractivity contribution in [2.24, 2.45) is 0 Å². The van der Waals surface area contributed by atoms with Crippen LogP contribution in [0.25, 0.3) is 0 Å². The highest BCUT2D eigenvalue weighted by molar-refractivity contribution is 5.76. The first kappa shape index (κ1) is 19.3. The monoisotopic (exact) mass is 358 g/mol. The van der Waals surface area contributed by atoms with Crippen LogP contribution in [0.5, 0.6) is 0 Å². The van der Waals surface area contributed by atoms with Crippen molar-refractivity contribution in [3.63, 3.8) is 0 Å². The number of aromatic nitrogens is 1. The highest BCUT2D eigenvalue weighted by atomic mass is 16.1. The average molecular weight is 359 g/mol. The Hall–Kier alpha value is -1.46. The molecule has 3 rings (SSSR count). The molecule has 1 unspecified atom stereocenters. The number of rotatable bonds is 6. The van der Waals surface area contributed by atoms with Crippen molar-refractivity contribution >= 4 is 5.91 Å². The van der Waals surface area contributed by atoms with Crippen molar-refractivity contribution in [1.82, 2.24) is 20.1 Å². The Labute approximate surface area is 158 Å². The lowest BCUT2D eigenvalue weighted by atomic mass is 10.0. The molecule has 2 aliphatic rings. The largest absolute Gasteiger partial charge is 0.352 e. The first-order chi connectivity index (χ1) is 12.8. The summed E-state index contributed by atoms with van der Waals surface area (Å²) in [6, 6.07) is 4.40. The first-order valence-corrected chi connectivity index (χ1v) is 10.4. The fourth-order valence-corrected chi connectivity index (χ4v) is 4.16. The van der Waals surface area contributed by atoms with Crippen molar-refractivity contribution in [2.45, 2.75) is 64.0 Å². The molecule has 1 aromatic rings. The predicted molar refractivity (Wildman–Crippen MR) is 105 cm³/mol. The topological polar surface area (TPSA) is 48.5 Å². The lowest BCUT2D eigenvalue weighted by Crippen LogP contribution is -2.47. The van der Waals surface area contributed by atoms with Crippen molar-refractivity contribution in [3.05, 3.63) is 30.1 Å². The Morgan fingerprint density at radius 1 is 1.08 bits per heavy atom. The van der Waals surface area contributed by atoms with Gasteiger partial charge in [0.1, 0.15) is 0 Å². The molecule has 5 nitrogen and oxygen atoms in total. The zero-order valence-electron chi connectivity index (χ0n) is 16.0. The summed E-state index contributed by atoms with van der Waals surface area (Å²) >= 11 is 0. The number of nitrogens with one attached hydrogen (secondary N) is 1. The molecule has 0 radical (unpaired) electrons. The zero-order chi connectivity index (χ0) is 18.0. The van der Waals surface area contributed by atoms with E-state index in [-0.39, 0.29) is 5.91 Å². The molecule has 0 aromatic carbocycles. The van der Waals surface area contributed by atoms with Crippen molar-refractivity contribution in [2.75, 3.05) is 32.7 Å². The van der Waals surface area contributed by atoms with Crippen molar-refractivity contribution < 1.29 is 4.79 Å². The number of nitrogens with zero attached hydrogens (tertiary/aromatic N) is 3. The summed E-state index contributed by atoms with van der Waals surface area (Å²) in [6.07, 6.45) is 13.3. The molecule has 26 heavy (non-hydrogen) atoms. The van der Waals surface area contributed by atoms with Gasteiger partial charge in [-0.05, 0) is 56.9 Å². The summed E-state index contributed by atoms with van der Waals surface area (Å²) in [5.41, 5.74) is 1.25. The van der Waals surface area contributed by atoms with Crippen LogP contribution in [0, 0.1) is 0 Å². The van der Waals surface area contributed by atoms with E-state index in [0.717, 1.165) is 52.1 Å². The molecule has 2 aliphatic heterocycles. The van der Waals surface area contributed by atoms with E-state index in [1.54, 1.807) is 0 Å². The standard InChI is InChI=1S/C21H34N4O/c26-21(10-15-24-12-4-2-1-3-5-13-24)23-20-9-7-14-25(18-20)17-19-8-6-11-22-16-19/h6,8,11,16,20H,1-5,7,9-10,12-15,17-18H2,(H,23,26). The molecule has 2 fully saturated rings. The maximum absolute atomic E-state index is 12.4. The molecule has 1 atom stereocenters. The van der Waals surface area contributed by atoms with Crippen LogP contribution < -0.4 is 5.32 Å². The fourth-order valence-electron chi connectivity index (χ4n) is 4.16. The van der Waals surface area contributed by atoms with Crippen molar-refractivity contribution in [3.8, 4) is 0 Å². The second-order valence-corrected chi connectivity index (χ2v) is 7.86. The average Bonchev–Trinajstić information content (AvgIpc) is 2.62. The van der Waals surface area contributed by atoms with E-state index < -0.39 is 0 Å². The van der Waals surface area contributed by atoms with Gasteiger partial charge in [0.2, 0.25) is 5.91 Å². The third kappa shape index (κ3) is 6.69. The van der Waals surface area contributed by atoms with E-state index in [4.69, 9.17) is 0 Å². The van der Waals surface area contributed by atoms with Crippen LogP contribution in [-0.2, 0) is 11.3 Å². The number of hydrogen-bond acceptors (Lipinski definition) is 4. The second kappa shape index (κ2) is 10.6. The summed E-state index contributed by atoms with van der Waals surface area (Å²) in [5, 5.41) is 3.28. The SMILES string of the molecule is O=C(CCN1CCCCCCC1)NC1CCCN(Cc2cccnc2)C1. The molecular formula is C21H34N4O. The zero-order valence-corrected chi connectivity index (χ0v) is 16.0. The van der Waals surface area contributed by atoms with Gasteiger partial charge in [-0.3, -0.25) is 14.7 Å². The van der Waals surface area contributed by atoms with Gasteiger partial charge in [0.05, 0.1) is 0 Å². The summed E-state index contributed by atoms with van der Waals surface area (Å²) in [5.74, 6) is 0.222. The van der Waals surface area contributed by atoms with Gasteiger partial charge < -0.3 is 10.2 Å². The van der Waals surface area contributed by atoms with Crippen LogP contribution in [-0.4, -0.2) is 59.5 Å². The number of pyridine rings is 1. The number of carbonyl (C=O) groups is 1. The second-order valence-electron chi connectivity index (χ2n) is 7.86. The Morgan fingerprint density at radius 3 is 2.62 bits per heavy atom. The van der Waals surface area contributed by atoms with Crippen LogP contribution in [0.1, 0.15) is 56.9 Å². The van der Waals surface area contributed by atoms with E-state index in [1.807, 2.05) is 18.5 Å². The van der Waals surface area contributed by atoms with E-state index >= 15 is 0 Å². The minimum absolute atomic E-state index is 0.222. The van der Waals surface area contributed by atoms with E-state index in [1.165, 1.54) is 37.7 Å². The van der Waals surface area contributed by atoms with Crippen molar-refractivity contribution in [1.29, 1.82) is 0 Å². The minimum Gasteiger partial charge on any atom is -0.352 e. The smallest absolute Gasteiger partial charge is 0.221 e. The third-order valence-corrected chi connectivity index (χ3v) is 5.60. The van der Waals surface area contributed by atoms with Crippen LogP contribution in [0.15, 0.2) is 24.5 Å². The Morgan fingerprint density at radius 2 is 1.85 bits per heavy atom. The summed E-state index contributed by atoms with van der Waals surface area (Å²) < 4.78 is 0. The lowest BCUT2D eigenvalue weighted by molar-refractivity contribution is -0.122. The molecule has 5 heteroatoms. The van der Waals surface area contributed by atoms with Crippen LogP contribution in [0.2, 0.25) is 0 Å². The van der Waals surface area contributed by atoms with Gasteiger partial charge in [0.15, 0.2) is 0 Å². The van der Waals surface area contributed by atoms with Crippen LogP contribution in [0.3, 0.4) is 0 Å². The van der Waals surface area contributed by atoms with E-state index in [0.29, 0.717) is 12.5 Å². The maximum Gasteiger partial charge on any atom is 0.221 e. The molecule has 1 aromatic heterocycles. The number of likely N-dealkylation sites (tertiary alicyclic amines) is 2. The predicted octanol–water partition coefficient (Wildman–Crippen LogP) is 2.82. The highest BCUT2D eigenvalue weighted by Gasteiger charge is 2.21. The molecule has 0 saturated carbocycles. The maximum atomic E-state index is 12.4. The molecule has 0 bridgehead atoms. The Balaban J connectivity index is 1.37. The van der Waals surface area contributed by atoms with E-state index in [9.17, 15) is 4.79 Å². The molecule has 1 N–H and O–H groups in total. The number of amides is 1. The number of piperidine rings is 1. The number of carbonyl (C=O) groups excluding carboxylic acids is 1. The molecule has 2 saturated heterocycles. The van der Waals surface area contributed by atoms with Gasteiger partial charge in [-0.1, -0.05) is 25.3 Å². The van der Waals surface area contributed by atoms with Gasteiger partial charge >= 0.3 is 0 Å². The van der Waals surface area contributed by atoms with Crippen LogP contribution in [0.4, 0.5) is 0 Å². The van der Waals surface area contributed by atoms with Crippen LogP contribution >= 0.6 is 0 Å².